The molecule has 0 spiro atoms. The number of methoxy groups -OCH3 is 1. The molecular weight excluding hydrogens is 322 g/mol. The van der Waals surface area contributed by atoms with Gasteiger partial charge in [-0.3, -0.25) is 4.79 Å². The number of aryl methyl sites for hydroxylation is 1. The van der Waals surface area contributed by atoms with Crippen LogP contribution in [0.5, 0.6) is 5.75 Å². The predicted molar refractivity (Wildman–Crippen MR) is 93.7 cm³/mol. The van der Waals surface area contributed by atoms with Gasteiger partial charge in [0.05, 0.1) is 18.4 Å². The first kappa shape index (κ1) is 18.5. The van der Waals surface area contributed by atoms with Gasteiger partial charge in [-0.05, 0) is 31.5 Å². The first-order chi connectivity index (χ1) is 11.9. The van der Waals surface area contributed by atoms with Crippen LogP contribution in [-0.2, 0) is 0 Å². The van der Waals surface area contributed by atoms with E-state index in [4.69, 9.17) is 4.74 Å². The normalized spacial score (nSPS) is 10.6. The van der Waals surface area contributed by atoms with Gasteiger partial charge >= 0.3 is 5.97 Å². The number of aromatic nitrogens is 2. The predicted octanol–water partition coefficient (Wildman–Crippen LogP) is 2.76. The maximum atomic E-state index is 12.5. The molecule has 1 amide bonds. The van der Waals surface area contributed by atoms with Crippen molar-refractivity contribution in [2.75, 3.05) is 20.7 Å². The van der Waals surface area contributed by atoms with Gasteiger partial charge in [0.1, 0.15) is 5.75 Å². The Balaban J connectivity index is 2.43. The molecule has 1 N–H and O–H groups in total. The average Bonchev–Trinajstić information content (AvgIpc) is 2.99. The van der Waals surface area contributed by atoms with E-state index in [2.05, 4.69) is 12.0 Å². The molecule has 25 heavy (non-hydrogen) atoms. The van der Waals surface area contributed by atoms with Crippen LogP contribution < -0.4 is 4.74 Å². The van der Waals surface area contributed by atoms with Crippen molar-refractivity contribution in [2.45, 2.75) is 26.7 Å². The fourth-order valence-corrected chi connectivity index (χ4v) is 2.51. The minimum atomic E-state index is -1.07. The van der Waals surface area contributed by atoms with Gasteiger partial charge in [-0.15, -0.1) is 0 Å². The fraction of sp³-hybridized carbons (Fsp3) is 0.389. The molecule has 0 aliphatic carbocycles. The largest absolute Gasteiger partial charge is 0.497 e. The number of hydrogen-bond donors (Lipinski definition) is 1. The van der Waals surface area contributed by atoms with Crippen LogP contribution in [0.4, 0.5) is 0 Å². The smallest absolute Gasteiger partial charge is 0.337 e. The maximum Gasteiger partial charge on any atom is 0.337 e. The summed E-state index contributed by atoms with van der Waals surface area (Å²) in [5, 5.41) is 13.8. The highest BCUT2D eigenvalue weighted by Gasteiger charge is 2.20. The average molecular weight is 345 g/mol. The number of aromatic carboxylic acids is 1. The van der Waals surface area contributed by atoms with Crippen LogP contribution in [0.15, 0.2) is 24.3 Å². The molecular formula is C18H23N3O4. The van der Waals surface area contributed by atoms with Crippen LogP contribution in [0.2, 0.25) is 0 Å². The Bertz CT molecular complexity index is 783. The standard InChI is InChI=1S/C18H23N3O4/c1-5-6-9-20(3)17(22)15-10-12(2)21(19-15)16-11-13(25-4)7-8-14(16)18(23)24/h7-8,10-11H,5-6,9H2,1-4H3,(H,23,24). The molecule has 1 heterocycles. The van der Waals surface area contributed by atoms with Gasteiger partial charge < -0.3 is 14.7 Å². The Morgan fingerprint density at radius 3 is 2.64 bits per heavy atom. The zero-order chi connectivity index (χ0) is 18.6. The Kier molecular flexibility index (Phi) is 5.80. The van der Waals surface area contributed by atoms with Gasteiger partial charge in [0.25, 0.3) is 5.91 Å². The summed E-state index contributed by atoms with van der Waals surface area (Å²) in [5.74, 6) is -0.738. The summed E-state index contributed by atoms with van der Waals surface area (Å²) in [4.78, 5) is 25.6. The third-order valence-corrected chi connectivity index (χ3v) is 3.96. The number of unbranched alkanes of at least 4 members (excludes halogenated alkanes) is 1. The van der Waals surface area contributed by atoms with E-state index in [1.165, 1.54) is 17.9 Å². The number of hydrogen-bond acceptors (Lipinski definition) is 4. The summed E-state index contributed by atoms with van der Waals surface area (Å²) in [6, 6.07) is 6.30. The van der Waals surface area contributed by atoms with E-state index < -0.39 is 5.97 Å². The Labute approximate surface area is 146 Å². The van der Waals surface area contributed by atoms with Crippen molar-refractivity contribution >= 4 is 11.9 Å². The highest BCUT2D eigenvalue weighted by Crippen LogP contribution is 2.23. The topological polar surface area (TPSA) is 84.7 Å². The van der Waals surface area contributed by atoms with Gasteiger partial charge in [-0.1, -0.05) is 13.3 Å². The fourth-order valence-electron chi connectivity index (χ4n) is 2.51. The van der Waals surface area contributed by atoms with Gasteiger partial charge in [0, 0.05) is 25.4 Å². The minimum Gasteiger partial charge on any atom is -0.497 e. The van der Waals surface area contributed by atoms with Gasteiger partial charge in [0.2, 0.25) is 0 Å². The molecule has 0 aliphatic heterocycles. The molecule has 0 saturated carbocycles. The Morgan fingerprint density at radius 2 is 2.04 bits per heavy atom. The third kappa shape index (κ3) is 3.99. The molecule has 1 aromatic heterocycles. The number of carboxylic acid groups (broad SMARTS) is 1. The molecule has 1 aromatic carbocycles. The van der Waals surface area contributed by atoms with E-state index in [1.807, 2.05) is 0 Å². The van der Waals surface area contributed by atoms with Crippen molar-refractivity contribution in [3.8, 4) is 11.4 Å². The van der Waals surface area contributed by atoms with E-state index in [0.29, 0.717) is 23.7 Å². The summed E-state index contributed by atoms with van der Waals surface area (Å²) in [6.07, 6.45) is 1.91. The Morgan fingerprint density at radius 1 is 1.32 bits per heavy atom. The number of amides is 1. The molecule has 2 rings (SSSR count). The Hall–Kier alpha value is -2.83. The number of carbonyl (C=O) groups excluding carboxylic acids is 1. The summed E-state index contributed by atoms with van der Waals surface area (Å²) in [5.41, 5.74) is 1.41. The van der Waals surface area contributed by atoms with E-state index in [9.17, 15) is 14.7 Å². The molecule has 0 aliphatic rings. The monoisotopic (exact) mass is 345 g/mol. The molecule has 134 valence electrons. The minimum absolute atomic E-state index is 0.0883. The lowest BCUT2D eigenvalue weighted by atomic mass is 10.1. The second-order valence-electron chi connectivity index (χ2n) is 5.85. The molecule has 7 heteroatoms. The first-order valence-electron chi connectivity index (χ1n) is 8.12. The van der Waals surface area contributed by atoms with Crippen molar-refractivity contribution in [1.82, 2.24) is 14.7 Å². The number of nitrogens with zero attached hydrogens (tertiary/aromatic N) is 3. The van der Waals surface area contributed by atoms with Crippen LogP contribution in [0.1, 0.15) is 46.3 Å². The van der Waals surface area contributed by atoms with Crippen LogP contribution in [0.3, 0.4) is 0 Å². The highest BCUT2D eigenvalue weighted by atomic mass is 16.5. The molecule has 2 aromatic rings. The highest BCUT2D eigenvalue weighted by molar-refractivity contribution is 5.93. The third-order valence-electron chi connectivity index (χ3n) is 3.96. The van der Waals surface area contributed by atoms with Crippen molar-refractivity contribution in [3.05, 3.63) is 41.2 Å². The van der Waals surface area contributed by atoms with Crippen LogP contribution in [-0.4, -0.2) is 52.4 Å². The van der Waals surface area contributed by atoms with Gasteiger partial charge in [-0.25, -0.2) is 9.48 Å². The second-order valence-corrected chi connectivity index (χ2v) is 5.85. The lowest BCUT2D eigenvalue weighted by molar-refractivity contribution is 0.0696. The molecule has 0 radical (unpaired) electrons. The first-order valence-corrected chi connectivity index (χ1v) is 8.12. The summed E-state index contributed by atoms with van der Waals surface area (Å²) in [6.45, 7) is 4.50. The SMILES string of the molecule is CCCCN(C)C(=O)c1cc(C)n(-c2cc(OC)ccc2C(=O)O)n1. The van der Waals surface area contributed by atoms with Crippen molar-refractivity contribution in [1.29, 1.82) is 0 Å². The van der Waals surface area contributed by atoms with Crippen LogP contribution in [0.25, 0.3) is 5.69 Å². The lowest BCUT2D eigenvalue weighted by Gasteiger charge is -2.15. The molecule has 0 fully saturated rings. The van der Waals surface area contributed by atoms with Crippen molar-refractivity contribution in [3.63, 3.8) is 0 Å². The maximum absolute atomic E-state index is 12.5. The zero-order valence-corrected chi connectivity index (χ0v) is 14.9. The van der Waals surface area contributed by atoms with Crippen LogP contribution >= 0.6 is 0 Å². The molecule has 7 nitrogen and oxygen atoms in total. The number of carbonyl (C=O) groups is 2. The van der Waals surface area contributed by atoms with Crippen molar-refractivity contribution in [2.24, 2.45) is 0 Å². The number of benzene rings is 1. The van der Waals surface area contributed by atoms with Crippen molar-refractivity contribution < 1.29 is 19.4 Å². The van der Waals surface area contributed by atoms with E-state index >= 15 is 0 Å². The summed E-state index contributed by atoms with van der Waals surface area (Å²) in [7, 11) is 3.24. The van der Waals surface area contributed by atoms with Crippen LogP contribution in [0, 0.1) is 6.92 Å². The lowest BCUT2D eigenvalue weighted by Crippen LogP contribution is -2.28. The quantitative estimate of drug-likeness (QED) is 0.834. The number of carboxylic acids is 1. The molecule has 0 saturated heterocycles. The summed E-state index contributed by atoms with van der Waals surface area (Å²) >= 11 is 0. The van der Waals surface area contributed by atoms with Gasteiger partial charge in [-0.2, -0.15) is 5.10 Å². The zero-order valence-electron chi connectivity index (χ0n) is 14.9. The van der Waals surface area contributed by atoms with E-state index in [0.717, 1.165) is 12.8 Å². The number of ether oxygens (including phenoxy) is 1. The van der Waals surface area contributed by atoms with E-state index in [1.54, 1.807) is 37.1 Å². The summed E-state index contributed by atoms with van der Waals surface area (Å²) < 4.78 is 6.64. The van der Waals surface area contributed by atoms with E-state index in [-0.39, 0.29) is 17.2 Å². The van der Waals surface area contributed by atoms with Gasteiger partial charge in [0.15, 0.2) is 5.69 Å². The molecule has 0 atom stereocenters. The number of rotatable bonds is 7. The molecule has 0 bridgehead atoms. The molecule has 0 unspecified atom stereocenters. The second kappa shape index (κ2) is 7.83.